The van der Waals surface area contributed by atoms with Crippen molar-refractivity contribution in [2.75, 3.05) is 6.61 Å². The lowest BCUT2D eigenvalue weighted by molar-refractivity contribution is -0.148. The number of halogens is 1. The Hall–Kier alpha value is -2.97. The van der Waals surface area contributed by atoms with Gasteiger partial charge in [-0.2, -0.15) is 0 Å². The second-order valence-corrected chi connectivity index (χ2v) is 6.44. The average molecular weight is 395 g/mol. The number of ether oxygens (including phenoxy) is 1. The van der Waals surface area contributed by atoms with Gasteiger partial charge in [0, 0.05) is 13.3 Å². The number of esters is 1. The zero-order chi connectivity index (χ0) is 21.3. The van der Waals surface area contributed by atoms with Crippen LogP contribution in [0.1, 0.15) is 32.8 Å². The van der Waals surface area contributed by atoms with Crippen LogP contribution in [0.5, 0.6) is 0 Å². The Labute approximate surface area is 163 Å². The highest BCUT2D eigenvalue weighted by atomic mass is 19.1. The van der Waals surface area contributed by atoms with Crippen LogP contribution >= 0.6 is 0 Å². The van der Waals surface area contributed by atoms with Crippen molar-refractivity contribution in [2.24, 2.45) is 11.7 Å². The number of nitrogens with one attached hydrogen (secondary N) is 2. The molecule has 3 atom stereocenters. The zero-order valence-corrected chi connectivity index (χ0v) is 16.2. The molecule has 3 amide bonds. The SMILES string of the molecule is CCOC(=O)[C@@H](C)C[C@H](NC(=O)[C@H](Cc1cccc(F)c1)NC(C)=O)C(N)=O. The van der Waals surface area contributed by atoms with Crippen LogP contribution < -0.4 is 16.4 Å². The first-order valence-electron chi connectivity index (χ1n) is 8.91. The second kappa shape index (κ2) is 11.0. The molecule has 4 N–H and O–H groups in total. The van der Waals surface area contributed by atoms with Gasteiger partial charge in [-0.25, -0.2) is 4.39 Å². The largest absolute Gasteiger partial charge is 0.466 e. The van der Waals surface area contributed by atoms with Crippen molar-refractivity contribution in [1.82, 2.24) is 10.6 Å². The summed E-state index contributed by atoms with van der Waals surface area (Å²) in [6.45, 7) is 4.63. The third kappa shape index (κ3) is 7.73. The summed E-state index contributed by atoms with van der Waals surface area (Å²) in [6.07, 6.45) is -0.0330. The lowest BCUT2D eigenvalue weighted by Gasteiger charge is -2.23. The Morgan fingerprint density at radius 2 is 1.86 bits per heavy atom. The van der Waals surface area contributed by atoms with E-state index in [0.717, 1.165) is 0 Å². The van der Waals surface area contributed by atoms with Crippen LogP contribution in [0.3, 0.4) is 0 Å². The lowest BCUT2D eigenvalue weighted by Crippen LogP contribution is -2.54. The lowest BCUT2D eigenvalue weighted by atomic mass is 10.00. The first-order chi connectivity index (χ1) is 13.1. The van der Waals surface area contributed by atoms with Gasteiger partial charge in [0.05, 0.1) is 12.5 Å². The number of hydrogen-bond donors (Lipinski definition) is 3. The van der Waals surface area contributed by atoms with E-state index >= 15 is 0 Å². The fraction of sp³-hybridized carbons (Fsp3) is 0.474. The predicted octanol–water partition coefficient (Wildman–Crippen LogP) is 0.432. The molecule has 0 saturated heterocycles. The molecule has 0 aliphatic carbocycles. The van der Waals surface area contributed by atoms with Gasteiger partial charge in [0.2, 0.25) is 17.7 Å². The molecule has 0 fully saturated rings. The van der Waals surface area contributed by atoms with Crippen LogP contribution in [0.4, 0.5) is 4.39 Å². The third-order valence-electron chi connectivity index (χ3n) is 3.96. The molecular formula is C19H26FN3O5. The van der Waals surface area contributed by atoms with Crippen LogP contribution in [0, 0.1) is 11.7 Å². The number of carbonyl (C=O) groups excluding carboxylic acids is 4. The minimum Gasteiger partial charge on any atom is -0.466 e. The van der Waals surface area contributed by atoms with E-state index in [0.29, 0.717) is 5.56 Å². The quantitative estimate of drug-likeness (QED) is 0.495. The van der Waals surface area contributed by atoms with Gasteiger partial charge >= 0.3 is 5.97 Å². The topological polar surface area (TPSA) is 128 Å². The van der Waals surface area contributed by atoms with Crippen molar-refractivity contribution in [1.29, 1.82) is 0 Å². The molecular weight excluding hydrogens is 369 g/mol. The summed E-state index contributed by atoms with van der Waals surface area (Å²) in [5.74, 6) is -3.61. The Morgan fingerprint density at radius 3 is 2.39 bits per heavy atom. The summed E-state index contributed by atoms with van der Waals surface area (Å²) < 4.78 is 18.3. The van der Waals surface area contributed by atoms with Crippen LogP contribution in [-0.4, -0.2) is 42.4 Å². The normalized spacial score (nSPS) is 13.7. The summed E-state index contributed by atoms with van der Waals surface area (Å²) in [4.78, 5) is 47.5. The van der Waals surface area contributed by atoms with Crippen molar-refractivity contribution in [2.45, 2.75) is 45.7 Å². The van der Waals surface area contributed by atoms with Crippen molar-refractivity contribution in [3.8, 4) is 0 Å². The smallest absolute Gasteiger partial charge is 0.308 e. The molecule has 154 valence electrons. The summed E-state index contributed by atoms with van der Waals surface area (Å²) in [5.41, 5.74) is 5.83. The number of carbonyl (C=O) groups is 4. The fourth-order valence-corrected chi connectivity index (χ4v) is 2.61. The van der Waals surface area contributed by atoms with Crippen molar-refractivity contribution < 1.29 is 28.3 Å². The number of primary amides is 1. The molecule has 1 aromatic rings. The van der Waals surface area contributed by atoms with Crippen molar-refractivity contribution in [3.05, 3.63) is 35.6 Å². The van der Waals surface area contributed by atoms with Crippen LogP contribution in [-0.2, 0) is 30.3 Å². The van der Waals surface area contributed by atoms with E-state index in [4.69, 9.17) is 10.5 Å². The number of amides is 3. The Morgan fingerprint density at radius 1 is 1.18 bits per heavy atom. The monoisotopic (exact) mass is 395 g/mol. The number of rotatable bonds is 10. The van der Waals surface area contributed by atoms with Gasteiger partial charge in [0.1, 0.15) is 17.9 Å². The van der Waals surface area contributed by atoms with Gasteiger partial charge < -0.3 is 21.1 Å². The van der Waals surface area contributed by atoms with E-state index in [9.17, 15) is 23.6 Å². The molecule has 0 aliphatic rings. The summed E-state index contributed by atoms with van der Waals surface area (Å²) in [7, 11) is 0. The van der Waals surface area contributed by atoms with Crippen molar-refractivity contribution in [3.63, 3.8) is 0 Å². The Balaban J connectivity index is 2.88. The van der Waals surface area contributed by atoms with Gasteiger partial charge in [-0.3, -0.25) is 19.2 Å². The highest BCUT2D eigenvalue weighted by molar-refractivity contribution is 5.91. The minimum absolute atomic E-state index is 0.0160. The van der Waals surface area contributed by atoms with Crippen LogP contribution in [0.25, 0.3) is 0 Å². The number of benzene rings is 1. The molecule has 0 saturated carbocycles. The summed E-state index contributed by atoms with van der Waals surface area (Å²) in [5, 5.41) is 4.93. The van der Waals surface area contributed by atoms with E-state index < -0.39 is 47.5 Å². The maximum Gasteiger partial charge on any atom is 0.308 e. The Bertz CT molecular complexity index is 725. The molecule has 0 aromatic heterocycles. The molecule has 28 heavy (non-hydrogen) atoms. The molecule has 0 unspecified atom stereocenters. The molecule has 0 spiro atoms. The van der Waals surface area contributed by atoms with E-state index in [1.807, 2.05) is 0 Å². The van der Waals surface area contributed by atoms with Crippen LogP contribution in [0.2, 0.25) is 0 Å². The number of nitrogens with two attached hydrogens (primary N) is 1. The summed E-state index contributed by atoms with van der Waals surface area (Å²) >= 11 is 0. The van der Waals surface area contributed by atoms with Crippen LogP contribution in [0.15, 0.2) is 24.3 Å². The molecule has 8 nitrogen and oxygen atoms in total. The van der Waals surface area contributed by atoms with E-state index in [2.05, 4.69) is 10.6 Å². The highest BCUT2D eigenvalue weighted by Crippen LogP contribution is 2.11. The maximum atomic E-state index is 13.4. The molecule has 0 heterocycles. The average Bonchev–Trinajstić information content (AvgIpc) is 2.60. The third-order valence-corrected chi connectivity index (χ3v) is 3.96. The van der Waals surface area contributed by atoms with Gasteiger partial charge in [0.15, 0.2) is 0 Å². The first-order valence-corrected chi connectivity index (χ1v) is 8.91. The highest BCUT2D eigenvalue weighted by Gasteiger charge is 2.28. The Kier molecular flexibility index (Phi) is 9.07. The van der Waals surface area contributed by atoms with Gasteiger partial charge in [-0.15, -0.1) is 0 Å². The van der Waals surface area contributed by atoms with Gasteiger partial charge in [-0.05, 0) is 31.0 Å². The molecule has 9 heteroatoms. The van der Waals surface area contributed by atoms with Gasteiger partial charge in [0.25, 0.3) is 0 Å². The molecule has 1 aromatic carbocycles. The predicted molar refractivity (Wildman–Crippen MR) is 99.2 cm³/mol. The second-order valence-electron chi connectivity index (χ2n) is 6.44. The van der Waals surface area contributed by atoms with Gasteiger partial charge in [-0.1, -0.05) is 19.1 Å². The fourth-order valence-electron chi connectivity index (χ4n) is 2.61. The molecule has 0 bridgehead atoms. The minimum atomic E-state index is -1.13. The summed E-state index contributed by atoms with van der Waals surface area (Å²) in [6, 6.07) is 3.43. The molecule has 0 radical (unpaired) electrons. The van der Waals surface area contributed by atoms with E-state index in [-0.39, 0.29) is 19.4 Å². The first kappa shape index (κ1) is 23.1. The van der Waals surface area contributed by atoms with E-state index in [1.54, 1.807) is 19.9 Å². The maximum absolute atomic E-state index is 13.4. The van der Waals surface area contributed by atoms with Crippen molar-refractivity contribution >= 4 is 23.7 Å². The van der Waals surface area contributed by atoms with E-state index in [1.165, 1.54) is 25.1 Å². The standard InChI is InChI=1S/C19H26FN3O5/c1-4-28-19(27)11(2)8-15(17(21)25)23-18(26)16(22-12(3)24)10-13-6-5-7-14(20)9-13/h5-7,9,11,15-16H,4,8,10H2,1-3H3,(H2,21,25)(H,22,24)(H,23,26)/t11-,15-,16-/m0/s1. The number of hydrogen-bond acceptors (Lipinski definition) is 5. The molecule has 1 rings (SSSR count). The zero-order valence-electron chi connectivity index (χ0n) is 16.2. The molecule has 0 aliphatic heterocycles.